The number of imidazole rings is 1. The summed E-state index contributed by atoms with van der Waals surface area (Å²) in [5.41, 5.74) is -0.298. The summed E-state index contributed by atoms with van der Waals surface area (Å²) in [5.74, 6) is -1.09. The average Bonchev–Trinajstić information content (AvgIpc) is 2.81. The van der Waals surface area contributed by atoms with Gasteiger partial charge in [0.1, 0.15) is 11.6 Å². The van der Waals surface area contributed by atoms with Crippen LogP contribution in [0.5, 0.6) is 0 Å². The molecule has 0 aliphatic carbocycles. The lowest BCUT2D eigenvalue weighted by molar-refractivity contribution is -0.155. The number of hydrogen-bond acceptors (Lipinski definition) is 1. The van der Waals surface area contributed by atoms with Gasteiger partial charge in [-0.25, -0.2) is 9.37 Å². The summed E-state index contributed by atoms with van der Waals surface area (Å²) >= 11 is 5.72. The number of aromatic amines is 1. The molecule has 1 atom stereocenters. The van der Waals surface area contributed by atoms with Crippen LogP contribution in [0, 0.1) is 5.82 Å². The van der Waals surface area contributed by atoms with E-state index in [4.69, 9.17) is 11.6 Å². The number of nitrogens with one attached hydrogen (secondary N) is 1. The molecule has 96 valence electrons. The molecule has 1 aromatic carbocycles. The Morgan fingerprint density at radius 3 is 2.17 bits per heavy atom. The fourth-order valence-electron chi connectivity index (χ4n) is 1.57. The van der Waals surface area contributed by atoms with E-state index < -0.39 is 22.7 Å². The van der Waals surface area contributed by atoms with Gasteiger partial charge in [0.2, 0.25) is 4.87 Å². The fourth-order valence-corrected chi connectivity index (χ4v) is 1.80. The lowest BCUT2D eigenvalue weighted by Gasteiger charge is -2.28. The van der Waals surface area contributed by atoms with E-state index in [1.807, 2.05) is 0 Å². The summed E-state index contributed by atoms with van der Waals surface area (Å²) in [6, 6.07) is 3.80. The van der Waals surface area contributed by atoms with Crippen LogP contribution >= 0.6 is 11.6 Å². The van der Waals surface area contributed by atoms with E-state index in [2.05, 4.69) is 9.97 Å². The normalized spacial score (nSPS) is 15.4. The molecule has 0 aliphatic heterocycles. The number of halogens is 5. The number of rotatable bonds is 2. The van der Waals surface area contributed by atoms with Crippen molar-refractivity contribution in [2.45, 2.75) is 11.1 Å². The van der Waals surface area contributed by atoms with Crippen LogP contribution in [0.25, 0.3) is 0 Å². The summed E-state index contributed by atoms with van der Waals surface area (Å²) in [5, 5.41) is 0. The van der Waals surface area contributed by atoms with Crippen molar-refractivity contribution in [2.75, 3.05) is 0 Å². The maximum Gasteiger partial charge on any atom is 0.418 e. The number of nitrogens with zero attached hydrogens (tertiary/aromatic N) is 1. The Labute approximate surface area is 105 Å². The van der Waals surface area contributed by atoms with Crippen LogP contribution in [-0.4, -0.2) is 16.1 Å². The summed E-state index contributed by atoms with van der Waals surface area (Å²) in [6.07, 6.45) is -2.37. The lowest BCUT2D eigenvalue weighted by atomic mass is 9.96. The Hall–Kier alpha value is -1.56. The maximum absolute atomic E-state index is 13.2. The third-order valence-corrected chi connectivity index (χ3v) is 3.07. The zero-order valence-corrected chi connectivity index (χ0v) is 9.56. The molecule has 1 heterocycles. The number of hydrogen-bond donors (Lipinski definition) is 1. The molecule has 0 radical (unpaired) electrons. The SMILES string of the molecule is Fc1ccc(C(Cl)(c2ncc[nH]2)C(F)(F)F)cc1. The van der Waals surface area contributed by atoms with Crippen LogP contribution in [0.3, 0.4) is 0 Å². The van der Waals surface area contributed by atoms with E-state index in [0.29, 0.717) is 0 Å². The second-order valence-electron chi connectivity index (χ2n) is 3.60. The third-order valence-electron chi connectivity index (χ3n) is 2.46. The molecule has 2 nitrogen and oxygen atoms in total. The Bertz CT molecular complexity index is 521. The van der Waals surface area contributed by atoms with Crippen molar-refractivity contribution in [1.29, 1.82) is 0 Å². The van der Waals surface area contributed by atoms with Gasteiger partial charge in [-0.2, -0.15) is 13.2 Å². The van der Waals surface area contributed by atoms with Crippen molar-refractivity contribution in [3.63, 3.8) is 0 Å². The smallest absolute Gasteiger partial charge is 0.347 e. The molecule has 0 saturated heterocycles. The van der Waals surface area contributed by atoms with Crippen molar-refractivity contribution in [1.82, 2.24) is 9.97 Å². The molecular weight excluding hydrogens is 272 g/mol. The summed E-state index contributed by atoms with van der Waals surface area (Å²) in [6.45, 7) is 0. The summed E-state index contributed by atoms with van der Waals surface area (Å²) < 4.78 is 52.3. The van der Waals surface area contributed by atoms with Crippen molar-refractivity contribution < 1.29 is 17.6 Å². The largest absolute Gasteiger partial charge is 0.418 e. The highest BCUT2D eigenvalue weighted by atomic mass is 35.5. The van der Waals surface area contributed by atoms with Gasteiger partial charge >= 0.3 is 6.18 Å². The van der Waals surface area contributed by atoms with Gasteiger partial charge in [0, 0.05) is 12.4 Å². The van der Waals surface area contributed by atoms with Crippen molar-refractivity contribution in [3.05, 3.63) is 53.9 Å². The van der Waals surface area contributed by atoms with Gasteiger partial charge in [0.25, 0.3) is 0 Å². The zero-order chi connectivity index (χ0) is 13.4. The molecule has 2 rings (SSSR count). The molecule has 0 fully saturated rings. The second kappa shape index (κ2) is 4.28. The highest BCUT2D eigenvalue weighted by Gasteiger charge is 2.58. The fraction of sp³-hybridized carbons (Fsp3) is 0.182. The van der Waals surface area contributed by atoms with E-state index in [1.165, 1.54) is 12.4 Å². The van der Waals surface area contributed by atoms with Crippen LogP contribution in [-0.2, 0) is 4.87 Å². The predicted octanol–water partition coefficient (Wildman–Crippen LogP) is 3.59. The number of H-pyrrole nitrogens is 1. The predicted molar refractivity (Wildman–Crippen MR) is 57.7 cm³/mol. The molecule has 0 aliphatic rings. The molecule has 0 saturated carbocycles. The van der Waals surface area contributed by atoms with Crippen LogP contribution in [0.15, 0.2) is 36.7 Å². The van der Waals surface area contributed by atoms with Gasteiger partial charge in [0.15, 0.2) is 0 Å². The minimum absolute atomic E-state index is 0.298. The van der Waals surface area contributed by atoms with Gasteiger partial charge < -0.3 is 4.98 Å². The van der Waals surface area contributed by atoms with Crippen LogP contribution in [0.1, 0.15) is 11.4 Å². The number of alkyl halides is 4. The lowest BCUT2D eigenvalue weighted by Crippen LogP contribution is -2.39. The Balaban J connectivity index is 2.60. The minimum atomic E-state index is -4.77. The highest BCUT2D eigenvalue weighted by Crippen LogP contribution is 2.48. The van der Waals surface area contributed by atoms with Crippen molar-refractivity contribution in [3.8, 4) is 0 Å². The van der Waals surface area contributed by atoms with Crippen molar-refractivity contribution in [2.24, 2.45) is 0 Å². The molecule has 7 heteroatoms. The van der Waals surface area contributed by atoms with E-state index >= 15 is 0 Å². The summed E-state index contributed by atoms with van der Waals surface area (Å²) in [4.78, 5) is 3.08. The van der Waals surface area contributed by atoms with E-state index in [0.717, 1.165) is 24.3 Å². The van der Waals surface area contributed by atoms with E-state index in [1.54, 1.807) is 0 Å². The Kier molecular flexibility index (Phi) is 3.06. The molecule has 1 unspecified atom stereocenters. The first-order valence-electron chi connectivity index (χ1n) is 4.87. The van der Waals surface area contributed by atoms with E-state index in [9.17, 15) is 17.6 Å². The maximum atomic E-state index is 13.2. The van der Waals surface area contributed by atoms with Gasteiger partial charge in [-0.05, 0) is 17.7 Å². The first kappa shape index (κ1) is 12.9. The number of aromatic nitrogens is 2. The minimum Gasteiger partial charge on any atom is -0.347 e. The average molecular weight is 279 g/mol. The van der Waals surface area contributed by atoms with Gasteiger partial charge in [-0.15, -0.1) is 0 Å². The van der Waals surface area contributed by atoms with Crippen LogP contribution in [0.2, 0.25) is 0 Å². The number of benzene rings is 1. The molecular formula is C11H7ClF4N2. The first-order valence-corrected chi connectivity index (χ1v) is 5.25. The quantitative estimate of drug-likeness (QED) is 0.660. The Morgan fingerprint density at radius 1 is 1.11 bits per heavy atom. The topological polar surface area (TPSA) is 28.7 Å². The molecule has 0 bridgehead atoms. The first-order chi connectivity index (χ1) is 8.35. The van der Waals surface area contributed by atoms with Crippen LogP contribution < -0.4 is 0 Å². The van der Waals surface area contributed by atoms with E-state index in [-0.39, 0.29) is 5.56 Å². The standard InChI is InChI=1S/C11H7ClF4N2/c12-10(11(14,15)16,9-17-5-6-18-9)7-1-3-8(13)4-2-7/h1-6H,(H,17,18). The second-order valence-corrected chi connectivity index (χ2v) is 4.17. The van der Waals surface area contributed by atoms with Gasteiger partial charge in [-0.3, -0.25) is 0 Å². The highest BCUT2D eigenvalue weighted by molar-refractivity contribution is 6.26. The van der Waals surface area contributed by atoms with Crippen molar-refractivity contribution >= 4 is 11.6 Å². The molecule has 18 heavy (non-hydrogen) atoms. The molecule has 0 amide bonds. The molecule has 1 aromatic heterocycles. The Morgan fingerprint density at radius 2 is 1.72 bits per heavy atom. The van der Waals surface area contributed by atoms with Gasteiger partial charge in [0.05, 0.1) is 0 Å². The van der Waals surface area contributed by atoms with Crippen LogP contribution in [0.4, 0.5) is 17.6 Å². The third kappa shape index (κ3) is 1.96. The molecule has 1 N–H and O–H groups in total. The summed E-state index contributed by atoms with van der Waals surface area (Å²) in [7, 11) is 0. The zero-order valence-electron chi connectivity index (χ0n) is 8.80. The van der Waals surface area contributed by atoms with Gasteiger partial charge in [-0.1, -0.05) is 23.7 Å². The monoisotopic (exact) mass is 278 g/mol. The molecule has 2 aromatic rings. The molecule has 0 spiro atoms.